The molecule has 0 saturated carbocycles. The fraction of sp³-hybridized carbons (Fsp3) is 0.625. The van der Waals surface area contributed by atoms with Crippen molar-refractivity contribution in [2.75, 3.05) is 6.61 Å². The van der Waals surface area contributed by atoms with Crippen molar-refractivity contribution in [1.82, 2.24) is 5.32 Å². The molecule has 1 N–H and O–H groups in total. The van der Waals surface area contributed by atoms with Crippen molar-refractivity contribution in [3.8, 4) is 0 Å². The molecular weight excluding hydrogens is 517 g/mol. The summed E-state index contributed by atoms with van der Waals surface area (Å²) in [6.45, 7) is 7.45. The quantitative estimate of drug-likeness (QED) is 0.237. The van der Waals surface area contributed by atoms with E-state index in [1.165, 1.54) is 0 Å². The van der Waals surface area contributed by atoms with Crippen LogP contribution in [0.15, 0.2) is 30.3 Å². The molecule has 1 aromatic carbocycles. The summed E-state index contributed by atoms with van der Waals surface area (Å²) in [6, 6.07) is 8.41. The van der Waals surface area contributed by atoms with E-state index in [1.807, 2.05) is 30.3 Å². The summed E-state index contributed by atoms with van der Waals surface area (Å²) in [5, 5.41) is 2.63. The van der Waals surface area contributed by atoms with Crippen molar-refractivity contribution >= 4 is 36.4 Å². The summed E-state index contributed by atoms with van der Waals surface area (Å²) in [5.74, 6) is -1.09. The summed E-state index contributed by atoms with van der Waals surface area (Å²) < 4.78 is 16.8. The van der Waals surface area contributed by atoms with Crippen LogP contribution >= 0.6 is 0 Å². The van der Waals surface area contributed by atoms with E-state index in [-0.39, 0.29) is 24.9 Å². The van der Waals surface area contributed by atoms with Crippen molar-refractivity contribution < 1.29 is 28.6 Å². The molecule has 180 valence electrons. The van der Waals surface area contributed by atoms with Gasteiger partial charge in [0.2, 0.25) is 0 Å². The van der Waals surface area contributed by atoms with Gasteiger partial charge in [-0.1, -0.05) is 0 Å². The number of esters is 2. The molecule has 8 heteroatoms. The van der Waals surface area contributed by atoms with Crippen molar-refractivity contribution in [2.45, 2.75) is 78.0 Å². The number of benzene rings is 1. The first-order valence-corrected chi connectivity index (χ1v) is 21.8. The van der Waals surface area contributed by atoms with Gasteiger partial charge in [0.05, 0.1) is 0 Å². The fourth-order valence-corrected chi connectivity index (χ4v) is 8.48. The van der Waals surface area contributed by atoms with Crippen molar-refractivity contribution in [3.05, 3.63) is 35.9 Å². The third-order valence-corrected chi connectivity index (χ3v) is 9.38. The summed E-state index contributed by atoms with van der Waals surface area (Å²) in [4.78, 5) is 44.4. The number of carbonyl (C=O) groups excluding carboxylic acids is 3. The third kappa shape index (κ3) is 12.3. The molecular formula is C24H39NO6Sn. The summed E-state index contributed by atoms with van der Waals surface area (Å²) in [7, 11) is 0. The van der Waals surface area contributed by atoms with Crippen molar-refractivity contribution in [2.24, 2.45) is 5.92 Å². The zero-order valence-corrected chi connectivity index (χ0v) is 23.4. The van der Waals surface area contributed by atoms with Crippen molar-refractivity contribution in [3.63, 3.8) is 0 Å². The number of hydrogen-bond acceptors (Lipinski definition) is 6. The molecule has 2 unspecified atom stereocenters. The minimum atomic E-state index is -2.31. The third-order valence-electron chi connectivity index (χ3n) is 4.48. The molecule has 1 amide bonds. The van der Waals surface area contributed by atoms with Crippen LogP contribution < -0.4 is 5.32 Å². The molecule has 0 bridgehead atoms. The van der Waals surface area contributed by atoms with Gasteiger partial charge in [-0.2, -0.15) is 0 Å². The Hall–Kier alpha value is -1.77. The van der Waals surface area contributed by atoms with Crippen LogP contribution in [0, 0.1) is 5.92 Å². The van der Waals surface area contributed by atoms with Gasteiger partial charge in [0.15, 0.2) is 0 Å². The van der Waals surface area contributed by atoms with Crippen LogP contribution in [0.1, 0.15) is 46.1 Å². The van der Waals surface area contributed by atoms with E-state index < -0.39 is 42.1 Å². The van der Waals surface area contributed by atoms with E-state index in [1.54, 1.807) is 27.7 Å². The molecule has 0 aliphatic rings. The Bertz CT molecular complexity index is 739. The molecule has 0 saturated heterocycles. The first-order chi connectivity index (χ1) is 14.8. The second-order valence-corrected chi connectivity index (χ2v) is 25.9. The first-order valence-electron chi connectivity index (χ1n) is 11.2. The Morgan fingerprint density at radius 2 is 1.59 bits per heavy atom. The fourth-order valence-electron chi connectivity index (χ4n) is 3.20. The molecule has 0 radical (unpaired) electrons. The average Bonchev–Trinajstić information content (AvgIpc) is 2.66. The van der Waals surface area contributed by atoms with Gasteiger partial charge in [0.1, 0.15) is 0 Å². The molecule has 0 spiro atoms. The Kier molecular flexibility index (Phi) is 11.5. The normalized spacial score (nSPS) is 13.6. The average molecular weight is 556 g/mol. The van der Waals surface area contributed by atoms with Crippen LogP contribution in [0.5, 0.6) is 0 Å². The van der Waals surface area contributed by atoms with Crippen LogP contribution in [0.4, 0.5) is 4.79 Å². The predicted molar refractivity (Wildman–Crippen MR) is 127 cm³/mol. The number of nitrogens with one attached hydrogen (secondary N) is 1. The maximum atomic E-state index is 12.8. The van der Waals surface area contributed by atoms with Crippen LogP contribution in [-0.4, -0.2) is 54.7 Å². The Labute approximate surface area is 196 Å². The van der Waals surface area contributed by atoms with E-state index in [9.17, 15) is 14.4 Å². The monoisotopic (exact) mass is 557 g/mol. The van der Waals surface area contributed by atoms with E-state index in [2.05, 4.69) is 20.1 Å². The second kappa shape index (κ2) is 13.1. The zero-order chi connectivity index (χ0) is 24.4. The topological polar surface area (TPSA) is 90.9 Å². The van der Waals surface area contributed by atoms with Gasteiger partial charge in [-0.15, -0.1) is 0 Å². The van der Waals surface area contributed by atoms with E-state index in [0.29, 0.717) is 13.0 Å². The Morgan fingerprint density at radius 3 is 2.12 bits per heavy atom. The van der Waals surface area contributed by atoms with Gasteiger partial charge in [-0.3, -0.25) is 0 Å². The SMILES string of the molecule is CCOC(=O)C(CCC(NC(=O)OC(C)(C)C)C(=O)OCc1ccccc1)[CH2][Sn]([CH3])([CH3])[CH3]. The van der Waals surface area contributed by atoms with E-state index in [0.717, 1.165) is 10.0 Å². The molecule has 1 aromatic rings. The molecule has 0 aliphatic carbocycles. The molecule has 1 rings (SSSR count). The standard InChI is InChI=1S/C21H30NO6.3CH3.Sn/c1-6-26-18(23)15(2)12-13-17(22-20(25)28-21(3,4)5)19(24)27-14-16-10-8-7-9-11-16;;;;/h7-11,15,17H,2,6,12-14H2,1,3-5H3,(H,22,25);3*1H3;. The number of alkyl carbamates (subject to hydrolysis) is 1. The summed E-state index contributed by atoms with van der Waals surface area (Å²) in [6.07, 6.45) is -0.00601. The molecule has 0 aliphatic heterocycles. The van der Waals surface area contributed by atoms with E-state index in [4.69, 9.17) is 14.2 Å². The molecule has 0 fully saturated rings. The molecule has 0 aromatic heterocycles. The van der Waals surface area contributed by atoms with Crippen molar-refractivity contribution in [1.29, 1.82) is 0 Å². The number of carbonyl (C=O) groups is 3. The molecule has 0 heterocycles. The van der Waals surface area contributed by atoms with Crippen LogP contribution in [0.3, 0.4) is 0 Å². The summed E-state index contributed by atoms with van der Waals surface area (Å²) >= 11 is -2.31. The summed E-state index contributed by atoms with van der Waals surface area (Å²) in [5.41, 5.74) is 0.152. The van der Waals surface area contributed by atoms with Crippen LogP contribution in [0.25, 0.3) is 0 Å². The number of hydrogen-bond donors (Lipinski definition) is 1. The maximum absolute atomic E-state index is 12.8. The Balaban J connectivity index is 2.90. The first kappa shape index (κ1) is 28.3. The van der Waals surface area contributed by atoms with Crippen LogP contribution in [-0.2, 0) is 30.4 Å². The minimum absolute atomic E-state index is 0.103. The number of amides is 1. The number of ether oxygens (including phenoxy) is 3. The van der Waals surface area contributed by atoms with Gasteiger partial charge in [0.25, 0.3) is 0 Å². The van der Waals surface area contributed by atoms with E-state index >= 15 is 0 Å². The predicted octanol–water partition coefficient (Wildman–Crippen LogP) is 4.92. The number of rotatable bonds is 11. The van der Waals surface area contributed by atoms with Crippen LogP contribution in [0.2, 0.25) is 19.3 Å². The molecule has 2 atom stereocenters. The molecule has 7 nitrogen and oxygen atoms in total. The van der Waals surface area contributed by atoms with Gasteiger partial charge in [-0.05, 0) is 0 Å². The van der Waals surface area contributed by atoms with Gasteiger partial charge in [-0.25, -0.2) is 0 Å². The zero-order valence-electron chi connectivity index (χ0n) is 20.5. The molecule has 32 heavy (non-hydrogen) atoms. The van der Waals surface area contributed by atoms with Gasteiger partial charge in [0, 0.05) is 0 Å². The Morgan fingerprint density at radius 1 is 0.969 bits per heavy atom. The second-order valence-electron chi connectivity index (χ2n) is 10.1. The van der Waals surface area contributed by atoms with Gasteiger partial charge >= 0.3 is 197 Å². The van der Waals surface area contributed by atoms with Gasteiger partial charge < -0.3 is 0 Å².